The molecule has 0 radical (unpaired) electrons. The molecule has 6 nitrogen and oxygen atoms in total. The summed E-state index contributed by atoms with van der Waals surface area (Å²) < 4.78 is 5.47. The molecule has 1 aliphatic rings. The van der Waals surface area contributed by atoms with E-state index in [0.717, 1.165) is 17.9 Å². The number of carbonyl (C=O) groups excluding carboxylic acids is 1. The Hall–Kier alpha value is -3.41. The second-order valence-corrected chi connectivity index (χ2v) is 7.01. The van der Waals surface area contributed by atoms with Gasteiger partial charge in [-0.1, -0.05) is 24.3 Å². The van der Waals surface area contributed by atoms with Gasteiger partial charge in [-0.25, -0.2) is 9.97 Å². The van der Waals surface area contributed by atoms with Crippen molar-refractivity contribution in [2.45, 2.75) is 26.8 Å². The Bertz CT molecular complexity index is 1020. The molecule has 0 atom stereocenters. The number of fused-ring (bicyclic) bond motifs is 1. The number of carbonyl (C=O) groups is 1. The maximum atomic E-state index is 13.1. The predicted octanol–water partition coefficient (Wildman–Crippen LogP) is 4.13. The van der Waals surface area contributed by atoms with Crippen LogP contribution in [0.2, 0.25) is 0 Å². The number of nitrogens with zero attached hydrogens (tertiary/aromatic N) is 3. The molecule has 2 aromatic carbocycles. The molecule has 1 amide bonds. The van der Waals surface area contributed by atoms with Crippen molar-refractivity contribution in [1.82, 2.24) is 14.9 Å². The number of hydrogen-bond acceptors (Lipinski definition) is 5. The van der Waals surface area contributed by atoms with Crippen LogP contribution in [0.15, 0.2) is 54.6 Å². The summed E-state index contributed by atoms with van der Waals surface area (Å²) in [6.45, 7) is 5.69. The number of aryl methyl sites for hydroxylation is 1. The van der Waals surface area contributed by atoms with Crippen molar-refractivity contribution < 1.29 is 9.53 Å². The molecule has 4 rings (SSSR count). The first kappa shape index (κ1) is 18.9. The number of hydrogen-bond donors (Lipinski definition) is 1. The first-order chi connectivity index (χ1) is 14.1. The fourth-order valence-corrected chi connectivity index (χ4v) is 3.52. The van der Waals surface area contributed by atoms with Gasteiger partial charge >= 0.3 is 0 Å². The van der Waals surface area contributed by atoms with Crippen LogP contribution in [-0.4, -0.2) is 33.9 Å². The topological polar surface area (TPSA) is 67.3 Å². The molecule has 0 saturated carbocycles. The number of aromatic nitrogens is 2. The van der Waals surface area contributed by atoms with Crippen LogP contribution in [0.1, 0.15) is 34.4 Å². The average molecular weight is 388 g/mol. The summed E-state index contributed by atoms with van der Waals surface area (Å²) in [5, 5.41) is 3.25. The van der Waals surface area contributed by atoms with Crippen LogP contribution in [-0.2, 0) is 13.0 Å². The van der Waals surface area contributed by atoms with E-state index in [9.17, 15) is 4.79 Å². The van der Waals surface area contributed by atoms with E-state index in [4.69, 9.17) is 4.74 Å². The van der Waals surface area contributed by atoms with Gasteiger partial charge in [0.25, 0.3) is 5.91 Å². The molecule has 148 valence electrons. The summed E-state index contributed by atoms with van der Waals surface area (Å²) in [5.74, 6) is 1.90. The van der Waals surface area contributed by atoms with Crippen LogP contribution in [0.4, 0.5) is 11.5 Å². The molecular weight excluding hydrogens is 364 g/mol. The average Bonchev–Trinajstić information content (AvgIpc) is 2.74. The predicted molar refractivity (Wildman–Crippen MR) is 113 cm³/mol. The van der Waals surface area contributed by atoms with Crippen LogP contribution >= 0.6 is 0 Å². The van der Waals surface area contributed by atoms with E-state index in [1.807, 2.05) is 48.2 Å². The van der Waals surface area contributed by atoms with Crippen LogP contribution in [0.3, 0.4) is 0 Å². The Balaban J connectivity index is 1.51. The molecule has 3 aromatic rings. The third kappa shape index (κ3) is 4.37. The second kappa shape index (κ2) is 8.31. The van der Waals surface area contributed by atoms with Gasteiger partial charge in [0.2, 0.25) is 0 Å². The number of anilines is 2. The van der Waals surface area contributed by atoms with Crippen LogP contribution in [0.5, 0.6) is 5.75 Å². The van der Waals surface area contributed by atoms with Gasteiger partial charge in [-0.2, -0.15) is 0 Å². The number of rotatable bonds is 5. The second-order valence-electron chi connectivity index (χ2n) is 7.01. The highest BCUT2D eigenvalue weighted by Gasteiger charge is 2.23. The van der Waals surface area contributed by atoms with E-state index in [1.54, 1.807) is 13.0 Å². The van der Waals surface area contributed by atoms with Crippen molar-refractivity contribution in [3.05, 3.63) is 77.2 Å². The molecular formula is C23H24N4O2. The normalized spacial score (nSPS) is 13.0. The molecule has 0 bridgehead atoms. The van der Waals surface area contributed by atoms with Crippen molar-refractivity contribution in [3.8, 4) is 5.75 Å². The van der Waals surface area contributed by atoms with Crippen LogP contribution in [0.25, 0.3) is 0 Å². The zero-order chi connectivity index (χ0) is 20.2. The summed E-state index contributed by atoms with van der Waals surface area (Å²) in [4.78, 5) is 23.7. The van der Waals surface area contributed by atoms with Gasteiger partial charge in [0, 0.05) is 24.8 Å². The largest absolute Gasteiger partial charge is 0.494 e. The fraction of sp³-hybridized carbons (Fsp3) is 0.261. The molecule has 0 fully saturated rings. The molecule has 0 aliphatic carbocycles. The molecule has 0 saturated heterocycles. The maximum absolute atomic E-state index is 13.1. The fourth-order valence-electron chi connectivity index (χ4n) is 3.52. The van der Waals surface area contributed by atoms with Gasteiger partial charge in [-0.05, 0) is 55.7 Å². The van der Waals surface area contributed by atoms with Gasteiger partial charge in [-0.15, -0.1) is 0 Å². The van der Waals surface area contributed by atoms with E-state index >= 15 is 0 Å². The lowest BCUT2D eigenvalue weighted by atomic mass is 10.00. The van der Waals surface area contributed by atoms with Crippen molar-refractivity contribution in [2.24, 2.45) is 0 Å². The summed E-state index contributed by atoms with van der Waals surface area (Å²) in [6, 6.07) is 17.6. The summed E-state index contributed by atoms with van der Waals surface area (Å²) in [6.07, 6.45) is 0.864. The lowest BCUT2D eigenvalue weighted by molar-refractivity contribution is 0.0728. The van der Waals surface area contributed by atoms with Gasteiger partial charge in [-0.3, -0.25) is 4.79 Å². The number of ether oxygens (including phenoxy) is 1. The zero-order valence-corrected chi connectivity index (χ0v) is 16.7. The molecule has 1 aliphatic heterocycles. The van der Waals surface area contributed by atoms with Gasteiger partial charge in [0.1, 0.15) is 23.1 Å². The molecule has 1 N–H and O–H groups in total. The Morgan fingerprint density at radius 2 is 1.86 bits per heavy atom. The third-order valence-corrected chi connectivity index (χ3v) is 4.91. The SMILES string of the molecule is CCOc1ccc(Nc2cc(C(=O)N3CCc4ccccc4C3)nc(C)n2)cc1. The van der Waals surface area contributed by atoms with Crippen molar-refractivity contribution in [3.63, 3.8) is 0 Å². The monoisotopic (exact) mass is 388 g/mol. The van der Waals surface area contributed by atoms with Crippen LogP contribution in [0, 0.1) is 6.92 Å². The highest BCUT2D eigenvalue weighted by atomic mass is 16.5. The maximum Gasteiger partial charge on any atom is 0.272 e. The molecule has 29 heavy (non-hydrogen) atoms. The highest BCUT2D eigenvalue weighted by molar-refractivity contribution is 5.93. The molecule has 0 spiro atoms. The van der Waals surface area contributed by atoms with Crippen LogP contribution < -0.4 is 10.1 Å². The Kier molecular flexibility index (Phi) is 5.42. The molecule has 1 aromatic heterocycles. The minimum Gasteiger partial charge on any atom is -0.494 e. The van der Waals surface area contributed by atoms with Crippen molar-refractivity contribution >= 4 is 17.4 Å². The van der Waals surface area contributed by atoms with Gasteiger partial charge in [0.05, 0.1) is 6.61 Å². The smallest absolute Gasteiger partial charge is 0.272 e. The minimum absolute atomic E-state index is 0.0697. The lowest BCUT2D eigenvalue weighted by Gasteiger charge is -2.28. The van der Waals surface area contributed by atoms with E-state index in [2.05, 4.69) is 27.4 Å². The first-order valence-electron chi connectivity index (χ1n) is 9.84. The Morgan fingerprint density at radius 1 is 1.10 bits per heavy atom. The lowest BCUT2D eigenvalue weighted by Crippen LogP contribution is -2.36. The third-order valence-electron chi connectivity index (χ3n) is 4.91. The Labute approximate surface area is 170 Å². The van der Waals surface area contributed by atoms with E-state index in [0.29, 0.717) is 37.0 Å². The standard InChI is InChI=1S/C23H24N4O2/c1-3-29-20-10-8-19(9-11-20)26-22-14-21(24-16(2)25-22)23(28)27-13-12-17-6-4-5-7-18(17)15-27/h4-11,14H,3,12-13,15H2,1-2H3,(H,24,25,26). The highest BCUT2D eigenvalue weighted by Crippen LogP contribution is 2.22. The molecule has 2 heterocycles. The van der Waals surface area contributed by atoms with Gasteiger partial charge in [0.15, 0.2) is 0 Å². The van der Waals surface area contributed by atoms with Crippen molar-refractivity contribution in [1.29, 1.82) is 0 Å². The minimum atomic E-state index is -0.0697. The van der Waals surface area contributed by atoms with E-state index in [1.165, 1.54) is 11.1 Å². The summed E-state index contributed by atoms with van der Waals surface area (Å²) in [7, 11) is 0. The number of benzene rings is 2. The zero-order valence-electron chi connectivity index (χ0n) is 16.7. The van der Waals surface area contributed by atoms with E-state index in [-0.39, 0.29) is 5.91 Å². The molecule has 6 heteroatoms. The van der Waals surface area contributed by atoms with Crippen molar-refractivity contribution in [2.75, 3.05) is 18.5 Å². The van der Waals surface area contributed by atoms with E-state index < -0.39 is 0 Å². The van der Waals surface area contributed by atoms with Gasteiger partial charge < -0.3 is 15.0 Å². The summed E-state index contributed by atoms with van der Waals surface area (Å²) >= 11 is 0. The quantitative estimate of drug-likeness (QED) is 0.712. The number of amides is 1. The first-order valence-corrected chi connectivity index (χ1v) is 9.84. The Morgan fingerprint density at radius 3 is 2.62 bits per heavy atom. The summed E-state index contributed by atoms with van der Waals surface area (Å²) in [5.41, 5.74) is 3.79. The molecule has 0 unspecified atom stereocenters. The number of nitrogens with one attached hydrogen (secondary N) is 1.